The summed E-state index contributed by atoms with van der Waals surface area (Å²) < 4.78 is 5.37. The highest BCUT2D eigenvalue weighted by molar-refractivity contribution is 6.22. The van der Waals surface area contributed by atoms with Gasteiger partial charge in [-0.25, -0.2) is 0 Å². The number of carbonyl (C=O) groups is 3. The zero-order valence-corrected chi connectivity index (χ0v) is 16.0. The van der Waals surface area contributed by atoms with Crippen molar-refractivity contribution >= 4 is 17.7 Å². The van der Waals surface area contributed by atoms with Crippen molar-refractivity contribution < 1.29 is 18.9 Å². The number of likely N-dealkylation sites (tertiary alicyclic amines) is 1. The van der Waals surface area contributed by atoms with Crippen molar-refractivity contribution in [2.45, 2.75) is 38.0 Å². The van der Waals surface area contributed by atoms with Crippen LogP contribution in [0.5, 0.6) is 0 Å². The Labute approximate surface area is 167 Å². The highest BCUT2D eigenvalue weighted by Crippen LogP contribution is 2.38. The molecule has 1 aromatic heterocycles. The molecule has 0 radical (unpaired) electrons. The van der Waals surface area contributed by atoms with Gasteiger partial charge >= 0.3 is 0 Å². The predicted molar refractivity (Wildman–Crippen MR) is 101 cm³/mol. The van der Waals surface area contributed by atoms with Gasteiger partial charge < -0.3 is 9.42 Å². The van der Waals surface area contributed by atoms with Gasteiger partial charge in [-0.2, -0.15) is 4.98 Å². The molecule has 5 rings (SSSR count). The van der Waals surface area contributed by atoms with Crippen molar-refractivity contribution in [1.82, 2.24) is 19.9 Å². The van der Waals surface area contributed by atoms with Gasteiger partial charge in [-0.05, 0) is 43.7 Å². The molecule has 150 valence electrons. The lowest BCUT2D eigenvalue weighted by Gasteiger charge is -2.33. The zero-order valence-electron chi connectivity index (χ0n) is 16.0. The number of fused-ring (bicyclic) bond motifs is 1. The van der Waals surface area contributed by atoms with Crippen LogP contribution in [0, 0.1) is 5.92 Å². The monoisotopic (exact) mass is 394 g/mol. The summed E-state index contributed by atoms with van der Waals surface area (Å²) in [4.78, 5) is 45.1. The molecule has 29 heavy (non-hydrogen) atoms. The molecule has 0 spiro atoms. The standard InChI is InChI=1S/C21H22N4O4/c26-18(12-25-20(27)15-5-1-2-6-16(15)21(25)28)24-9-3-4-13(11-24)10-17-22-19(23-29-17)14-7-8-14/h1-2,5-6,13-14H,3-4,7-12H2. The molecule has 3 heterocycles. The van der Waals surface area contributed by atoms with Crippen LogP contribution in [0.2, 0.25) is 0 Å². The highest BCUT2D eigenvalue weighted by Gasteiger charge is 2.37. The third kappa shape index (κ3) is 3.43. The molecule has 8 heteroatoms. The Kier molecular flexibility index (Phi) is 4.41. The molecule has 1 aromatic carbocycles. The summed E-state index contributed by atoms with van der Waals surface area (Å²) in [5.74, 6) is 1.13. The maximum Gasteiger partial charge on any atom is 0.262 e. The third-order valence-electron chi connectivity index (χ3n) is 5.93. The van der Waals surface area contributed by atoms with Gasteiger partial charge in [0.15, 0.2) is 5.82 Å². The molecule has 1 unspecified atom stereocenters. The second kappa shape index (κ2) is 7.09. The third-order valence-corrected chi connectivity index (χ3v) is 5.93. The number of nitrogens with zero attached hydrogens (tertiary/aromatic N) is 4. The van der Waals surface area contributed by atoms with E-state index in [1.165, 1.54) is 0 Å². The number of benzene rings is 1. The Bertz CT molecular complexity index is 946. The van der Waals surface area contributed by atoms with Crippen LogP contribution in [0.15, 0.2) is 28.8 Å². The van der Waals surface area contributed by atoms with Crippen LogP contribution in [0.4, 0.5) is 0 Å². The lowest BCUT2D eigenvalue weighted by atomic mass is 9.94. The van der Waals surface area contributed by atoms with Crippen molar-refractivity contribution in [3.05, 3.63) is 47.1 Å². The molecule has 2 aromatic rings. The molecular weight excluding hydrogens is 372 g/mol. The van der Waals surface area contributed by atoms with Crippen LogP contribution in [0.25, 0.3) is 0 Å². The number of amides is 3. The second-order valence-electron chi connectivity index (χ2n) is 8.11. The van der Waals surface area contributed by atoms with Crippen molar-refractivity contribution in [3.8, 4) is 0 Å². The minimum atomic E-state index is -0.397. The lowest BCUT2D eigenvalue weighted by molar-refractivity contribution is -0.133. The average Bonchev–Trinajstić information content (AvgIpc) is 3.45. The van der Waals surface area contributed by atoms with Crippen LogP contribution < -0.4 is 0 Å². The van der Waals surface area contributed by atoms with Crippen molar-refractivity contribution in [2.75, 3.05) is 19.6 Å². The highest BCUT2D eigenvalue weighted by atomic mass is 16.5. The first kappa shape index (κ1) is 18.0. The summed E-state index contributed by atoms with van der Waals surface area (Å²) in [6.45, 7) is 0.990. The van der Waals surface area contributed by atoms with E-state index in [9.17, 15) is 14.4 Å². The minimum absolute atomic E-state index is 0.201. The van der Waals surface area contributed by atoms with Gasteiger partial charge in [0.1, 0.15) is 6.54 Å². The number of hydrogen-bond acceptors (Lipinski definition) is 6. The molecule has 0 N–H and O–H groups in total. The van der Waals surface area contributed by atoms with Crippen LogP contribution in [-0.2, 0) is 11.2 Å². The Morgan fingerprint density at radius 1 is 1.10 bits per heavy atom. The van der Waals surface area contributed by atoms with Crippen molar-refractivity contribution in [3.63, 3.8) is 0 Å². The van der Waals surface area contributed by atoms with E-state index in [1.54, 1.807) is 29.2 Å². The molecule has 2 aliphatic heterocycles. The van der Waals surface area contributed by atoms with Crippen molar-refractivity contribution in [2.24, 2.45) is 5.92 Å². The average molecular weight is 394 g/mol. The Morgan fingerprint density at radius 3 is 2.52 bits per heavy atom. The smallest absolute Gasteiger partial charge is 0.262 e. The molecule has 8 nitrogen and oxygen atoms in total. The molecule has 1 aliphatic carbocycles. The van der Waals surface area contributed by atoms with Crippen LogP contribution in [0.3, 0.4) is 0 Å². The number of imide groups is 1. The normalized spacial score (nSPS) is 21.6. The zero-order chi connectivity index (χ0) is 20.0. The van der Waals surface area contributed by atoms with E-state index in [0.717, 1.165) is 36.4 Å². The van der Waals surface area contributed by atoms with Gasteiger partial charge in [0.05, 0.1) is 11.1 Å². The van der Waals surface area contributed by atoms with E-state index in [4.69, 9.17) is 4.52 Å². The minimum Gasteiger partial charge on any atom is -0.341 e. The van der Waals surface area contributed by atoms with Gasteiger partial charge in [-0.1, -0.05) is 17.3 Å². The lowest BCUT2D eigenvalue weighted by Crippen LogP contribution is -2.46. The van der Waals surface area contributed by atoms with E-state index < -0.39 is 11.8 Å². The van der Waals surface area contributed by atoms with Crippen LogP contribution in [-0.4, -0.2) is 57.3 Å². The summed E-state index contributed by atoms with van der Waals surface area (Å²) in [6.07, 6.45) is 4.77. The first-order chi connectivity index (χ1) is 14.1. The summed E-state index contributed by atoms with van der Waals surface area (Å²) >= 11 is 0. The summed E-state index contributed by atoms with van der Waals surface area (Å²) in [6, 6.07) is 6.68. The molecule has 1 saturated carbocycles. The largest absolute Gasteiger partial charge is 0.341 e. The fraction of sp³-hybridized carbons (Fsp3) is 0.476. The van der Waals surface area contributed by atoms with E-state index in [0.29, 0.717) is 42.4 Å². The molecule has 1 atom stereocenters. The van der Waals surface area contributed by atoms with E-state index in [2.05, 4.69) is 10.1 Å². The SMILES string of the molecule is O=C(CN1C(=O)c2ccccc2C1=O)N1CCCC(Cc2nc(C3CC3)no2)C1. The molecular formula is C21H22N4O4. The molecule has 2 fully saturated rings. The molecule has 1 saturated heterocycles. The summed E-state index contributed by atoms with van der Waals surface area (Å²) in [7, 11) is 0. The molecule has 3 amide bonds. The van der Waals surface area contributed by atoms with Crippen LogP contribution in [0.1, 0.15) is 64.0 Å². The Hall–Kier alpha value is -3.03. The summed E-state index contributed by atoms with van der Waals surface area (Å²) in [5, 5.41) is 4.05. The number of aromatic nitrogens is 2. The van der Waals surface area contributed by atoms with Crippen molar-refractivity contribution in [1.29, 1.82) is 0 Å². The van der Waals surface area contributed by atoms with E-state index in [1.807, 2.05) is 0 Å². The topological polar surface area (TPSA) is 96.6 Å². The quantitative estimate of drug-likeness (QED) is 0.720. The first-order valence-corrected chi connectivity index (χ1v) is 10.2. The first-order valence-electron chi connectivity index (χ1n) is 10.2. The number of rotatable bonds is 5. The predicted octanol–water partition coefficient (Wildman–Crippen LogP) is 2.02. The fourth-order valence-electron chi connectivity index (χ4n) is 4.18. The number of carbonyl (C=O) groups excluding carboxylic acids is 3. The van der Waals surface area contributed by atoms with E-state index >= 15 is 0 Å². The summed E-state index contributed by atoms with van der Waals surface area (Å²) in [5.41, 5.74) is 0.731. The van der Waals surface area contributed by atoms with Gasteiger partial charge in [-0.15, -0.1) is 0 Å². The number of hydrogen-bond donors (Lipinski definition) is 0. The fourth-order valence-corrected chi connectivity index (χ4v) is 4.18. The Balaban J connectivity index is 1.21. The van der Waals surface area contributed by atoms with Crippen LogP contribution >= 0.6 is 0 Å². The number of piperidine rings is 1. The van der Waals surface area contributed by atoms with Gasteiger partial charge in [0.2, 0.25) is 11.8 Å². The van der Waals surface area contributed by atoms with E-state index in [-0.39, 0.29) is 18.4 Å². The van der Waals surface area contributed by atoms with Gasteiger partial charge in [0, 0.05) is 25.4 Å². The van der Waals surface area contributed by atoms with Gasteiger partial charge in [0.25, 0.3) is 11.8 Å². The second-order valence-corrected chi connectivity index (χ2v) is 8.11. The molecule has 3 aliphatic rings. The Morgan fingerprint density at radius 2 is 1.83 bits per heavy atom. The molecule has 0 bridgehead atoms. The maximum atomic E-state index is 12.8. The maximum absolute atomic E-state index is 12.8. The van der Waals surface area contributed by atoms with Gasteiger partial charge in [-0.3, -0.25) is 19.3 Å².